The minimum Gasteiger partial charge on any atom is -0.371 e. The van der Waals surface area contributed by atoms with Crippen molar-refractivity contribution in [3.8, 4) is 11.4 Å². The van der Waals surface area contributed by atoms with Gasteiger partial charge in [-0.15, -0.1) is 0 Å². The largest absolute Gasteiger partial charge is 0.416 e. The Morgan fingerprint density at radius 2 is 1.78 bits per heavy atom. The molecular weight excluding hydrogens is 615 g/mol. The lowest BCUT2D eigenvalue weighted by Gasteiger charge is -2.20. The topological polar surface area (TPSA) is 92.1 Å². The van der Waals surface area contributed by atoms with Crippen molar-refractivity contribution in [1.82, 2.24) is 28.5 Å². The van der Waals surface area contributed by atoms with Gasteiger partial charge in [-0.05, 0) is 49.4 Å². The Kier molecular flexibility index (Phi) is 9.97. The van der Waals surface area contributed by atoms with E-state index in [1.807, 2.05) is 29.6 Å². The smallest absolute Gasteiger partial charge is 0.371 e. The molecule has 0 N–H and O–H groups in total. The normalized spacial score (nSPS) is 15.8. The van der Waals surface area contributed by atoms with Gasteiger partial charge in [-0.2, -0.15) is 18.3 Å². The van der Waals surface area contributed by atoms with Gasteiger partial charge in [-0.1, -0.05) is 39.6 Å². The summed E-state index contributed by atoms with van der Waals surface area (Å²) in [4.78, 5) is 34.0. The number of imidazole rings is 1. The Balaban J connectivity index is 1.44. The first-order chi connectivity index (χ1) is 21.8. The van der Waals surface area contributed by atoms with Crippen LogP contribution in [0.2, 0.25) is 25.7 Å². The highest BCUT2D eigenvalue weighted by Crippen LogP contribution is 2.33. The number of halogens is 3. The number of fused-ring (bicyclic) bond motifs is 1. The van der Waals surface area contributed by atoms with Gasteiger partial charge in [0.2, 0.25) is 0 Å². The molecule has 1 atom stereocenters. The number of ether oxygens (including phenoxy) is 1. The number of aryl methyl sites for hydroxylation is 1. The maximum atomic E-state index is 13.8. The van der Waals surface area contributed by atoms with Crippen LogP contribution in [-0.4, -0.2) is 56.2 Å². The number of hydrogen-bond acceptors (Lipinski definition) is 6. The van der Waals surface area contributed by atoms with Crippen molar-refractivity contribution in [1.29, 1.82) is 0 Å². The van der Waals surface area contributed by atoms with Crippen LogP contribution in [-0.2, 0) is 37.3 Å². The van der Waals surface area contributed by atoms with E-state index in [0.29, 0.717) is 80.4 Å². The first-order valence-corrected chi connectivity index (χ1v) is 19.8. The number of nitrogens with zero attached hydrogens (tertiary/aromatic N) is 7. The first-order valence-electron chi connectivity index (χ1n) is 16.1. The summed E-state index contributed by atoms with van der Waals surface area (Å²) in [6.45, 7) is 14.0. The lowest BCUT2D eigenvalue weighted by Crippen LogP contribution is -2.40. The number of rotatable bonds is 13. The second kappa shape index (κ2) is 13.6. The van der Waals surface area contributed by atoms with Crippen molar-refractivity contribution in [2.24, 2.45) is 5.92 Å². The number of alkyl halides is 3. The average molecular weight is 660 g/mol. The van der Waals surface area contributed by atoms with Crippen LogP contribution in [0.15, 0.2) is 46.2 Å². The van der Waals surface area contributed by atoms with E-state index < -0.39 is 19.8 Å². The minimum atomic E-state index is -4.38. The van der Waals surface area contributed by atoms with Gasteiger partial charge in [0, 0.05) is 59.3 Å². The van der Waals surface area contributed by atoms with Crippen LogP contribution < -0.4 is 16.1 Å². The second-order valence-corrected chi connectivity index (χ2v) is 19.0. The molecule has 0 amide bonds. The van der Waals surface area contributed by atoms with E-state index in [4.69, 9.17) is 9.72 Å². The van der Waals surface area contributed by atoms with Crippen molar-refractivity contribution in [3.05, 3.63) is 63.1 Å². The van der Waals surface area contributed by atoms with Gasteiger partial charge >= 0.3 is 11.9 Å². The summed E-state index contributed by atoms with van der Waals surface area (Å²) in [6, 6.07) is 6.42. The Hall–Kier alpha value is -3.65. The van der Waals surface area contributed by atoms with Crippen molar-refractivity contribution < 1.29 is 17.9 Å². The molecule has 46 heavy (non-hydrogen) atoms. The summed E-state index contributed by atoms with van der Waals surface area (Å²) in [6.07, 6.45) is 1.34. The third kappa shape index (κ3) is 7.32. The summed E-state index contributed by atoms with van der Waals surface area (Å²) in [7, 11) is -1.35. The molecular formula is C32H44F3N7O3Si. The zero-order chi connectivity index (χ0) is 33.2. The molecule has 4 aromatic rings. The third-order valence-electron chi connectivity index (χ3n) is 8.39. The summed E-state index contributed by atoms with van der Waals surface area (Å²) >= 11 is 0. The molecule has 4 heterocycles. The molecule has 1 fully saturated rings. The molecule has 0 bridgehead atoms. The molecule has 0 aliphatic carbocycles. The van der Waals surface area contributed by atoms with Gasteiger partial charge in [0.25, 0.3) is 5.56 Å². The molecule has 1 unspecified atom stereocenters. The van der Waals surface area contributed by atoms with Crippen molar-refractivity contribution in [3.63, 3.8) is 0 Å². The SMILES string of the molecule is CCCn1c(=O)c2c(nc(-c3cnn(CC4CCN(c5cccc(C(F)(F)F)c5)C4)c3)n2COCC[Si](C)(C)C)n(CCC)c1=O. The second-order valence-electron chi connectivity index (χ2n) is 13.4. The van der Waals surface area contributed by atoms with Crippen LogP contribution in [0.3, 0.4) is 0 Å². The van der Waals surface area contributed by atoms with Crippen LogP contribution in [0.4, 0.5) is 18.9 Å². The Morgan fingerprint density at radius 3 is 2.48 bits per heavy atom. The van der Waals surface area contributed by atoms with Gasteiger partial charge < -0.3 is 9.64 Å². The van der Waals surface area contributed by atoms with Crippen LogP contribution in [0.25, 0.3) is 22.6 Å². The predicted molar refractivity (Wildman–Crippen MR) is 176 cm³/mol. The molecule has 0 spiro atoms. The van der Waals surface area contributed by atoms with E-state index in [1.165, 1.54) is 16.7 Å². The van der Waals surface area contributed by atoms with Gasteiger partial charge in [0.1, 0.15) is 12.6 Å². The summed E-state index contributed by atoms with van der Waals surface area (Å²) < 4.78 is 52.4. The molecule has 14 heteroatoms. The zero-order valence-electron chi connectivity index (χ0n) is 27.3. The van der Waals surface area contributed by atoms with Crippen molar-refractivity contribution in [2.45, 2.75) is 91.3 Å². The molecule has 1 aliphatic heterocycles. The van der Waals surface area contributed by atoms with Gasteiger partial charge in [0.15, 0.2) is 11.2 Å². The fraction of sp³-hybridized carbons (Fsp3) is 0.562. The monoisotopic (exact) mass is 659 g/mol. The fourth-order valence-corrected chi connectivity index (χ4v) is 6.71. The molecule has 250 valence electrons. The highest BCUT2D eigenvalue weighted by atomic mass is 28.3. The predicted octanol–water partition coefficient (Wildman–Crippen LogP) is 5.90. The lowest BCUT2D eigenvalue weighted by molar-refractivity contribution is -0.137. The Bertz CT molecular complexity index is 1780. The van der Waals surface area contributed by atoms with Crippen LogP contribution in [0, 0.1) is 5.92 Å². The number of anilines is 1. The van der Waals surface area contributed by atoms with Gasteiger partial charge in [-0.3, -0.25) is 23.2 Å². The number of hydrogen-bond donors (Lipinski definition) is 0. The number of benzene rings is 1. The highest BCUT2D eigenvalue weighted by Gasteiger charge is 2.32. The molecule has 1 aliphatic rings. The standard InChI is InChI=1S/C32H44F3N7O3Si/c1-6-12-40-29-27(30(43)41(13-7-2)31(40)44)42(22-45-15-16-46(3,4)5)28(37-29)24-18-36-39(21-24)20-23-11-14-38(19-23)26-10-8-9-25(17-26)32(33,34)35/h8-10,17-18,21,23H,6-7,11-16,19-20,22H2,1-5H3. The maximum Gasteiger partial charge on any atom is 0.416 e. The fourth-order valence-electron chi connectivity index (χ4n) is 5.96. The van der Waals surface area contributed by atoms with Gasteiger partial charge in [-0.25, -0.2) is 9.78 Å². The van der Waals surface area contributed by atoms with E-state index in [9.17, 15) is 22.8 Å². The molecule has 0 saturated carbocycles. The minimum absolute atomic E-state index is 0.113. The average Bonchev–Trinajstić information content (AvgIpc) is 3.74. The lowest BCUT2D eigenvalue weighted by atomic mass is 10.1. The van der Waals surface area contributed by atoms with Crippen LogP contribution in [0.5, 0.6) is 0 Å². The summed E-state index contributed by atoms with van der Waals surface area (Å²) in [5, 5.41) is 4.59. The molecule has 1 saturated heterocycles. The van der Waals surface area contributed by atoms with Crippen molar-refractivity contribution in [2.75, 3.05) is 24.6 Å². The maximum absolute atomic E-state index is 13.8. The van der Waals surface area contributed by atoms with Crippen LogP contribution in [0.1, 0.15) is 38.7 Å². The quantitative estimate of drug-likeness (QED) is 0.131. The van der Waals surface area contributed by atoms with E-state index in [0.717, 1.165) is 18.5 Å². The zero-order valence-corrected chi connectivity index (χ0v) is 28.3. The van der Waals surface area contributed by atoms with Crippen LogP contribution >= 0.6 is 0 Å². The molecule has 10 nitrogen and oxygen atoms in total. The van der Waals surface area contributed by atoms with Gasteiger partial charge in [0.05, 0.1) is 17.3 Å². The molecule has 1 aromatic carbocycles. The molecule has 5 rings (SSSR count). The van der Waals surface area contributed by atoms with Crippen molar-refractivity contribution >= 4 is 24.9 Å². The first kappa shape index (κ1) is 33.7. The Labute approximate surface area is 267 Å². The Morgan fingerprint density at radius 1 is 1.04 bits per heavy atom. The third-order valence-corrected chi connectivity index (χ3v) is 10.1. The summed E-state index contributed by atoms with van der Waals surface area (Å²) in [5.74, 6) is 0.684. The number of aromatic nitrogens is 6. The molecule has 3 aromatic heterocycles. The highest BCUT2D eigenvalue weighted by molar-refractivity contribution is 6.76. The van der Waals surface area contributed by atoms with E-state index >= 15 is 0 Å². The van der Waals surface area contributed by atoms with E-state index in [-0.39, 0.29) is 23.9 Å². The van der Waals surface area contributed by atoms with E-state index in [1.54, 1.807) is 21.4 Å². The molecule has 0 radical (unpaired) electrons. The summed E-state index contributed by atoms with van der Waals surface area (Å²) in [5.41, 5.74) is 0.540. The van der Waals surface area contributed by atoms with E-state index in [2.05, 4.69) is 24.7 Å².